The maximum atomic E-state index is 13.4. The molecule has 1 aliphatic carbocycles. The van der Waals surface area contributed by atoms with E-state index >= 15 is 0 Å². The van der Waals surface area contributed by atoms with E-state index in [1.54, 1.807) is 12.1 Å². The zero-order chi connectivity index (χ0) is 12.7. The molecule has 1 saturated carbocycles. The topological polar surface area (TPSA) is 29.9 Å². The van der Waals surface area contributed by atoms with Crippen molar-refractivity contribution < 1.29 is 4.39 Å². The third kappa shape index (κ3) is 1.81. The highest BCUT2D eigenvalue weighted by molar-refractivity contribution is 5.76. The van der Waals surface area contributed by atoms with Crippen LogP contribution in [0.15, 0.2) is 18.2 Å². The molecule has 1 aliphatic rings. The van der Waals surface area contributed by atoms with Gasteiger partial charge < -0.3 is 9.88 Å². The summed E-state index contributed by atoms with van der Waals surface area (Å²) in [6.45, 7) is 2.14. The van der Waals surface area contributed by atoms with Crippen molar-refractivity contribution in [3.05, 3.63) is 29.8 Å². The third-order valence-electron chi connectivity index (χ3n) is 3.66. The Kier molecular flexibility index (Phi) is 2.82. The number of nitrogens with one attached hydrogen (secondary N) is 1. The number of aromatic nitrogens is 2. The molecule has 0 amide bonds. The molecule has 96 valence electrons. The molecule has 2 aromatic rings. The van der Waals surface area contributed by atoms with Gasteiger partial charge in [-0.2, -0.15) is 0 Å². The molecule has 0 radical (unpaired) electrons. The molecular weight excluding hydrogens is 229 g/mol. The Bertz CT molecular complexity index is 568. The normalized spacial score (nSPS) is 17.3. The first-order chi connectivity index (χ1) is 8.74. The summed E-state index contributed by atoms with van der Waals surface area (Å²) in [4.78, 5) is 4.69. The monoisotopic (exact) mass is 247 g/mol. The molecule has 1 aromatic carbocycles. The van der Waals surface area contributed by atoms with E-state index in [-0.39, 0.29) is 11.9 Å². The van der Waals surface area contributed by atoms with Crippen LogP contribution in [-0.4, -0.2) is 16.6 Å². The highest BCUT2D eigenvalue weighted by Gasteiger charge is 2.30. The van der Waals surface area contributed by atoms with Gasteiger partial charge in [-0.25, -0.2) is 9.37 Å². The van der Waals surface area contributed by atoms with Crippen LogP contribution in [0.4, 0.5) is 4.39 Å². The minimum absolute atomic E-state index is 0.187. The summed E-state index contributed by atoms with van der Waals surface area (Å²) in [6, 6.07) is 5.61. The lowest BCUT2D eigenvalue weighted by molar-refractivity contribution is 0.513. The first kappa shape index (κ1) is 11.7. The summed E-state index contributed by atoms with van der Waals surface area (Å²) >= 11 is 0. The number of rotatable bonds is 4. The van der Waals surface area contributed by atoms with Crippen LogP contribution in [0.5, 0.6) is 0 Å². The fourth-order valence-corrected chi connectivity index (χ4v) is 2.56. The lowest BCUT2D eigenvalue weighted by Crippen LogP contribution is -2.19. The minimum atomic E-state index is -0.187. The molecule has 4 heteroatoms. The summed E-state index contributed by atoms with van der Waals surface area (Å²) in [7, 11) is 1.95. The number of imidazole rings is 1. The number of hydrogen-bond acceptors (Lipinski definition) is 2. The van der Waals surface area contributed by atoms with Crippen molar-refractivity contribution in [2.45, 2.75) is 38.3 Å². The summed E-state index contributed by atoms with van der Waals surface area (Å²) in [6.07, 6.45) is 3.33. The Labute approximate surface area is 106 Å². The molecule has 3 rings (SSSR count). The van der Waals surface area contributed by atoms with Gasteiger partial charge in [-0.15, -0.1) is 0 Å². The van der Waals surface area contributed by atoms with Crippen LogP contribution in [0, 0.1) is 5.82 Å². The van der Waals surface area contributed by atoms with Crippen molar-refractivity contribution in [3.63, 3.8) is 0 Å². The number of halogens is 1. The molecule has 0 aliphatic heterocycles. The maximum Gasteiger partial charge on any atom is 0.127 e. The van der Waals surface area contributed by atoms with Crippen LogP contribution in [0.3, 0.4) is 0 Å². The van der Waals surface area contributed by atoms with Crippen molar-refractivity contribution in [1.82, 2.24) is 14.9 Å². The molecule has 1 heterocycles. The summed E-state index contributed by atoms with van der Waals surface area (Å²) in [5.74, 6) is 0.858. The average molecular weight is 247 g/mol. The van der Waals surface area contributed by atoms with E-state index in [1.165, 1.54) is 18.9 Å². The Morgan fingerprint density at radius 3 is 2.89 bits per heavy atom. The van der Waals surface area contributed by atoms with Gasteiger partial charge in [0.1, 0.15) is 11.6 Å². The molecule has 1 unspecified atom stereocenters. The third-order valence-corrected chi connectivity index (χ3v) is 3.66. The second-order valence-corrected chi connectivity index (χ2v) is 4.95. The van der Waals surface area contributed by atoms with Crippen LogP contribution in [-0.2, 0) is 0 Å². The van der Waals surface area contributed by atoms with Crippen LogP contribution in [0.2, 0.25) is 0 Å². The zero-order valence-corrected chi connectivity index (χ0v) is 10.8. The Hall–Kier alpha value is -1.42. The molecule has 1 N–H and O–H groups in total. The van der Waals surface area contributed by atoms with Gasteiger partial charge in [-0.3, -0.25) is 0 Å². The maximum absolute atomic E-state index is 13.4. The van der Waals surface area contributed by atoms with E-state index < -0.39 is 0 Å². The highest BCUT2D eigenvalue weighted by atomic mass is 19.1. The van der Waals surface area contributed by atoms with Gasteiger partial charge in [0.25, 0.3) is 0 Å². The molecule has 18 heavy (non-hydrogen) atoms. The smallest absolute Gasteiger partial charge is 0.127 e. The SMILES string of the molecule is CCC(NC)c1nc2ccc(F)cc2n1C1CC1. The van der Waals surface area contributed by atoms with E-state index in [4.69, 9.17) is 4.98 Å². The van der Waals surface area contributed by atoms with E-state index in [0.29, 0.717) is 6.04 Å². The number of fused-ring (bicyclic) bond motifs is 1. The Balaban J connectivity index is 2.20. The Morgan fingerprint density at radius 2 is 2.28 bits per heavy atom. The quantitative estimate of drug-likeness (QED) is 0.899. The van der Waals surface area contributed by atoms with Gasteiger partial charge in [0.2, 0.25) is 0 Å². The second-order valence-electron chi connectivity index (χ2n) is 4.95. The predicted octanol–water partition coefficient (Wildman–Crippen LogP) is 3.18. The molecule has 3 nitrogen and oxygen atoms in total. The highest BCUT2D eigenvalue weighted by Crippen LogP contribution is 2.40. The van der Waals surface area contributed by atoms with Crippen molar-refractivity contribution in [3.8, 4) is 0 Å². The summed E-state index contributed by atoms with van der Waals surface area (Å²) in [5.41, 5.74) is 1.83. The molecule has 0 saturated heterocycles. The lowest BCUT2D eigenvalue weighted by Gasteiger charge is -2.15. The van der Waals surface area contributed by atoms with E-state index in [1.807, 2.05) is 7.05 Å². The zero-order valence-electron chi connectivity index (χ0n) is 10.8. The standard InChI is InChI=1S/C14H18FN3/c1-3-11(16-2)14-17-12-7-4-9(15)8-13(12)18(14)10-5-6-10/h4,7-8,10-11,16H,3,5-6H2,1-2H3. The van der Waals surface area contributed by atoms with Crippen molar-refractivity contribution in [2.75, 3.05) is 7.05 Å². The lowest BCUT2D eigenvalue weighted by atomic mass is 10.2. The van der Waals surface area contributed by atoms with Gasteiger partial charge in [-0.05, 0) is 44.5 Å². The van der Waals surface area contributed by atoms with Crippen LogP contribution >= 0.6 is 0 Å². The summed E-state index contributed by atoms with van der Waals surface area (Å²) in [5, 5.41) is 3.29. The van der Waals surface area contributed by atoms with E-state index in [9.17, 15) is 4.39 Å². The second kappa shape index (κ2) is 4.35. The molecule has 1 atom stereocenters. The Morgan fingerprint density at radius 1 is 1.50 bits per heavy atom. The summed E-state index contributed by atoms with van der Waals surface area (Å²) < 4.78 is 15.6. The largest absolute Gasteiger partial charge is 0.323 e. The molecular formula is C14H18FN3. The van der Waals surface area contributed by atoms with Gasteiger partial charge in [0.15, 0.2) is 0 Å². The fraction of sp³-hybridized carbons (Fsp3) is 0.500. The van der Waals surface area contributed by atoms with Gasteiger partial charge in [0.05, 0.1) is 17.1 Å². The minimum Gasteiger partial charge on any atom is -0.323 e. The number of nitrogens with zero attached hydrogens (tertiary/aromatic N) is 2. The van der Waals surface area contributed by atoms with Gasteiger partial charge in [-0.1, -0.05) is 6.92 Å². The average Bonchev–Trinajstić information content (AvgIpc) is 3.13. The van der Waals surface area contributed by atoms with E-state index in [0.717, 1.165) is 23.3 Å². The van der Waals surface area contributed by atoms with Crippen LogP contribution < -0.4 is 5.32 Å². The number of benzene rings is 1. The van der Waals surface area contributed by atoms with Gasteiger partial charge in [0, 0.05) is 6.04 Å². The van der Waals surface area contributed by atoms with Crippen LogP contribution in [0.25, 0.3) is 11.0 Å². The van der Waals surface area contributed by atoms with Crippen molar-refractivity contribution in [2.24, 2.45) is 0 Å². The van der Waals surface area contributed by atoms with E-state index in [2.05, 4.69) is 16.8 Å². The first-order valence-electron chi connectivity index (χ1n) is 6.59. The number of hydrogen-bond donors (Lipinski definition) is 1. The van der Waals surface area contributed by atoms with Crippen LogP contribution in [0.1, 0.15) is 44.1 Å². The molecule has 0 bridgehead atoms. The molecule has 1 fully saturated rings. The first-order valence-corrected chi connectivity index (χ1v) is 6.59. The molecule has 1 aromatic heterocycles. The van der Waals surface area contributed by atoms with Crippen molar-refractivity contribution >= 4 is 11.0 Å². The van der Waals surface area contributed by atoms with Gasteiger partial charge >= 0.3 is 0 Å². The fourth-order valence-electron chi connectivity index (χ4n) is 2.56. The van der Waals surface area contributed by atoms with Crippen molar-refractivity contribution in [1.29, 1.82) is 0 Å². The molecule has 0 spiro atoms. The predicted molar refractivity (Wildman–Crippen MR) is 70.1 cm³/mol.